The number of methoxy groups -OCH3 is 2. The van der Waals surface area contributed by atoms with Gasteiger partial charge in [-0.15, -0.1) is 0 Å². The number of allylic oxidation sites excluding steroid dienone is 1. The quantitative estimate of drug-likeness (QED) is 0.718. The van der Waals surface area contributed by atoms with Gasteiger partial charge in [0.15, 0.2) is 0 Å². The summed E-state index contributed by atoms with van der Waals surface area (Å²) in [5, 5.41) is 3.30. The molecule has 1 heterocycles. The Kier molecular flexibility index (Phi) is 7.06. The normalized spacial score (nSPS) is 11.6. The zero-order chi connectivity index (χ0) is 13.2. The van der Waals surface area contributed by atoms with Crippen molar-refractivity contribution in [3.05, 3.63) is 30.1 Å². The van der Waals surface area contributed by atoms with E-state index in [1.807, 2.05) is 12.1 Å². The molecule has 0 aliphatic carbocycles. The van der Waals surface area contributed by atoms with E-state index in [0.717, 1.165) is 43.1 Å². The molecule has 0 spiro atoms. The first-order valence-electron chi connectivity index (χ1n) is 6.15. The maximum Gasteiger partial charge on any atom is 0.144 e. The first-order valence-corrected chi connectivity index (χ1v) is 6.15. The standard InChI is InChI=1S/C14H22N2O2/c1-12(6-4-8-15-10-11-17-2)14-13(18-3)7-5-9-16-14/h5-7,9,15H,4,8,10-11H2,1-3H3/b12-6-. The van der Waals surface area contributed by atoms with E-state index >= 15 is 0 Å². The molecule has 100 valence electrons. The van der Waals surface area contributed by atoms with E-state index in [1.54, 1.807) is 20.4 Å². The van der Waals surface area contributed by atoms with Gasteiger partial charge in [-0.1, -0.05) is 6.08 Å². The Bertz CT molecular complexity index is 378. The molecule has 0 bridgehead atoms. The van der Waals surface area contributed by atoms with Crippen LogP contribution in [0.2, 0.25) is 0 Å². The number of nitrogens with zero attached hydrogens (tertiary/aromatic N) is 1. The largest absolute Gasteiger partial charge is 0.494 e. The molecule has 4 nitrogen and oxygen atoms in total. The summed E-state index contributed by atoms with van der Waals surface area (Å²) in [5.41, 5.74) is 2.05. The van der Waals surface area contributed by atoms with E-state index in [-0.39, 0.29) is 0 Å². The Morgan fingerprint density at radius 1 is 1.39 bits per heavy atom. The molecule has 1 N–H and O–H groups in total. The summed E-state index contributed by atoms with van der Waals surface area (Å²) in [5.74, 6) is 0.818. The van der Waals surface area contributed by atoms with Crippen LogP contribution < -0.4 is 10.1 Å². The summed E-state index contributed by atoms with van der Waals surface area (Å²) in [6, 6.07) is 3.80. The highest BCUT2D eigenvalue weighted by Crippen LogP contribution is 2.22. The zero-order valence-electron chi connectivity index (χ0n) is 11.4. The monoisotopic (exact) mass is 250 g/mol. The van der Waals surface area contributed by atoms with Gasteiger partial charge < -0.3 is 14.8 Å². The highest BCUT2D eigenvalue weighted by molar-refractivity contribution is 5.65. The van der Waals surface area contributed by atoms with Gasteiger partial charge in [0.25, 0.3) is 0 Å². The van der Waals surface area contributed by atoms with Crippen LogP contribution in [0.25, 0.3) is 5.57 Å². The van der Waals surface area contributed by atoms with Crippen LogP contribution in [-0.4, -0.2) is 38.9 Å². The van der Waals surface area contributed by atoms with Crippen molar-refractivity contribution in [2.45, 2.75) is 13.3 Å². The zero-order valence-corrected chi connectivity index (χ0v) is 11.4. The van der Waals surface area contributed by atoms with E-state index in [2.05, 4.69) is 23.3 Å². The smallest absolute Gasteiger partial charge is 0.144 e. The van der Waals surface area contributed by atoms with Crippen molar-refractivity contribution in [1.82, 2.24) is 10.3 Å². The lowest BCUT2D eigenvalue weighted by Gasteiger charge is -2.07. The Hall–Kier alpha value is -1.39. The number of nitrogens with one attached hydrogen (secondary N) is 1. The highest BCUT2D eigenvalue weighted by atomic mass is 16.5. The molecular formula is C14H22N2O2. The van der Waals surface area contributed by atoms with E-state index in [9.17, 15) is 0 Å². The fraction of sp³-hybridized carbons (Fsp3) is 0.500. The van der Waals surface area contributed by atoms with Crippen LogP contribution in [0, 0.1) is 0 Å². The fourth-order valence-corrected chi connectivity index (χ4v) is 1.64. The molecule has 4 heteroatoms. The Morgan fingerprint density at radius 3 is 2.94 bits per heavy atom. The lowest BCUT2D eigenvalue weighted by Crippen LogP contribution is -2.19. The average Bonchev–Trinajstić information content (AvgIpc) is 2.42. The van der Waals surface area contributed by atoms with E-state index in [1.165, 1.54) is 0 Å². The minimum Gasteiger partial charge on any atom is -0.494 e. The Morgan fingerprint density at radius 2 is 2.22 bits per heavy atom. The molecule has 0 aliphatic rings. The first kappa shape index (κ1) is 14.7. The molecule has 1 aromatic heterocycles. The molecule has 0 unspecified atom stereocenters. The second kappa shape index (κ2) is 8.66. The average molecular weight is 250 g/mol. The number of pyridine rings is 1. The Balaban J connectivity index is 2.45. The van der Waals surface area contributed by atoms with Gasteiger partial charge in [-0.3, -0.25) is 4.98 Å². The molecule has 0 radical (unpaired) electrons. The molecule has 0 saturated heterocycles. The van der Waals surface area contributed by atoms with Gasteiger partial charge in [-0.25, -0.2) is 0 Å². The van der Waals surface area contributed by atoms with E-state index < -0.39 is 0 Å². The maximum atomic E-state index is 5.29. The van der Waals surface area contributed by atoms with Gasteiger partial charge >= 0.3 is 0 Å². The van der Waals surface area contributed by atoms with Gasteiger partial charge in [0, 0.05) is 19.9 Å². The summed E-state index contributed by atoms with van der Waals surface area (Å²) in [6.07, 6.45) is 4.92. The van der Waals surface area contributed by atoms with Crippen molar-refractivity contribution in [1.29, 1.82) is 0 Å². The van der Waals surface area contributed by atoms with Crippen molar-refractivity contribution in [2.75, 3.05) is 33.9 Å². The molecule has 0 atom stereocenters. The van der Waals surface area contributed by atoms with Crippen LogP contribution >= 0.6 is 0 Å². The summed E-state index contributed by atoms with van der Waals surface area (Å²) < 4.78 is 10.3. The van der Waals surface area contributed by atoms with Crippen molar-refractivity contribution >= 4 is 5.57 Å². The number of aromatic nitrogens is 1. The van der Waals surface area contributed by atoms with Crippen LogP contribution in [0.3, 0.4) is 0 Å². The molecule has 0 aromatic carbocycles. The van der Waals surface area contributed by atoms with E-state index in [4.69, 9.17) is 9.47 Å². The molecular weight excluding hydrogens is 228 g/mol. The molecule has 18 heavy (non-hydrogen) atoms. The van der Waals surface area contributed by atoms with Crippen molar-refractivity contribution in [3.8, 4) is 5.75 Å². The topological polar surface area (TPSA) is 43.4 Å². The van der Waals surface area contributed by atoms with Gasteiger partial charge in [0.1, 0.15) is 11.4 Å². The summed E-state index contributed by atoms with van der Waals surface area (Å²) in [6.45, 7) is 4.63. The van der Waals surface area contributed by atoms with Crippen LogP contribution in [0.15, 0.2) is 24.4 Å². The third kappa shape index (κ3) is 4.85. The van der Waals surface area contributed by atoms with Crippen molar-refractivity contribution in [2.24, 2.45) is 0 Å². The third-order valence-electron chi connectivity index (χ3n) is 2.62. The van der Waals surface area contributed by atoms with Crippen LogP contribution in [0.1, 0.15) is 19.0 Å². The van der Waals surface area contributed by atoms with Crippen molar-refractivity contribution < 1.29 is 9.47 Å². The second-order valence-electron chi connectivity index (χ2n) is 3.97. The SMILES string of the molecule is COCCNCC/C=C(/C)c1ncccc1OC. The number of ether oxygens (including phenoxy) is 2. The van der Waals surface area contributed by atoms with E-state index in [0.29, 0.717) is 0 Å². The summed E-state index contributed by atoms with van der Waals surface area (Å²) >= 11 is 0. The molecule has 0 fully saturated rings. The van der Waals surface area contributed by atoms with Crippen LogP contribution in [0.5, 0.6) is 5.75 Å². The first-order chi connectivity index (χ1) is 8.79. The number of rotatable bonds is 8. The minimum absolute atomic E-state index is 0.747. The molecule has 1 rings (SSSR count). The summed E-state index contributed by atoms with van der Waals surface area (Å²) in [4.78, 5) is 4.34. The van der Waals surface area contributed by atoms with Crippen LogP contribution in [0.4, 0.5) is 0 Å². The molecule has 1 aromatic rings. The van der Waals surface area contributed by atoms with Gasteiger partial charge in [-0.05, 0) is 37.6 Å². The minimum atomic E-state index is 0.747. The highest BCUT2D eigenvalue weighted by Gasteiger charge is 2.04. The third-order valence-corrected chi connectivity index (χ3v) is 2.62. The lowest BCUT2D eigenvalue weighted by molar-refractivity contribution is 0.199. The van der Waals surface area contributed by atoms with Crippen LogP contribution in [-0.2, 0) is 4.74 Å². The van der Waals surface area contributed by atoms with Crippen molar-refractivity contribution in [3.63, 3.8) is 0 Å². The fourth-order valence-electron chi connectivity index (χ4n) is 1.64. The number of hydrogen-bond donors (Lipinski definition) is 1. The molecule has 0 amide bonds. The van der Waals surface area contributed by atoms with Gasteiger partial charge in [-0.2, -0.15) is 0 Å². The maximum absolute atomic E-state index is 5.29. The number of hydrogen-bond acceptors (Lipinski definition) is 4. The molecule has 0 saturated carbocycles. The molecule has 0 aliphatic heterocycles. The van der Waals surface area contributed by atoms with Gasteiger partial charge in [0.2, 0.25) is 0 Å². The van der Waals surface area contributed by atoms with Gasteiger partial charge in [0.05, 0.1) is 13.7 Å². The second-order valence-corrected chi connectivity index (χ2v) is 3.97. The summed E-state index contributed by atoms with van der Waals surface area (Å²) in [7, 11) is 3.37. The lowest BCUT2D eigenvalue weighted by atomic mass is 10.1. The Labute approximate surface area is 109 Å². The predicted molar refractivity (Wildman–Crippen MR) is 73.8 cm³/mol. The predicted octanol–water partition coefficient (Wildman–Crippen LogP) is 2.12.